The summed E-state index contributed by atoms with van der Waals surface area (Å²) < 4.78 is 11.3. The maximum absolute atomic E-state index is 13.1. The van der Waals surface area contributed by atoms with Crippen LogP contribution in [0.3, 0.4) is 0 Å². The van der Waals surface area contributed by atoms with Crippen LogP contribution in [-0.4, -0.2) is 78.8 Å². The number of ether oxygens (including phenoxy) is 2. The normalized spacial score (nSPS) is 25.8. The highest BCUT2D eigenvalue weighted by Gasteiger charge is 2.36. The van der Waals surface area contributed by atoms with Crippen molar-refractivity contribution in [2.45, 2.75) is 18.9 Å². The summed E-state index contributed by atoms with van der Waals surface area (Å²) in [6, 6.07) is 5.59. The van der Waals surface area contributed by atoms with Gasteiger partial charge in [0.1, 0.15) is 5.75 Å². The van der Waals surface area contributed by atoms with Crippen molar-refractivity contribution >= 4 is 11.9 Å². The van der Waals surface area contributed by atoms with E-state index in [1.165, 1.54) is 0 Å². The van der Waals surface area contributed by atoms with Gasteiger partial charge in [-0.05, 0) is 36.6 Å². The first-order chi connectivity index (χ1) is 12.6. The van der Waals surface area contributed by atoms with Crippen molar-refractivity contribution in [3.63, 3.8) is 0 Å². The van der Waals surface area contributed by atoms with Crippen LogP contribution in [0, 0.1) is 5.92 Å². The Bertz CT molecular complexity index is 707. The molecule has 4 rings (SSSR count). The Hall–Kier alpha value is -2.12. The summed E-state index contributed by atoms with van der Waals surface area (Å²) in [6.07, 6.45) is 1.90. The lowest BCUT2D eigenvalue weighted by molar-refractivity contribution is -0.139. The number of hydrogen-bond donors (Lipinski definition) is 1. The van der Waals surface area contributed by atoms with E-state index in [0.29, 0.717) is 38.4 Å². The summed E-state index contributed by atoms with van der Waals surface area (Å²) in [5.74, 6) is 0.172. The largest absolute Gasteiger partial charge is 0.493 e. The molecule has 1 aromatic carbocycles. The van der Waals surface area contributed by atoms with Crippen molar-refractivity contribution in [1.82, 2.24) is 9.80 Å². The molecule has 1 N–H and O–H groups in total. The molecule has 3 aliphatic heterocycles. The van der Waals surface area contributed by atoms with Gasteiger partial charge < -0.3 is 19.5 Å². The average Bonchev–Trinajstić information content (AvgIpc) is 2.90. The predicted molar refractivity (Wildman–Crippen MR) is 93.5 cm³/mol. The van der Waals surface area contributed by atoms with Crippen molar-refractivity contribution in [3.8, 4) is 5.75 Å². The Balaban J connectivity index is 1.54. The summed E-state index contributed by atoms with van der Waals surface area (Å²) in [5, 5.41) is 9.17. The smallest absolute Gasteiger partial charge is 0.317 e. The van der Waals surface area contributed by atoms with Crippen LogP contribution in [-0.2, 0) is 16.0 Å². The first kappa shape index (κ1) is 17.3. The van der Waals surface area contributed by atoms with Gasteiger partial charge in [0.2, 0.25) is 0 Å². The van der Waals surface area contributed by atoms with Crippen LogP contribution in [0.15, 0.2) is 18.2 Å². The van der Waals surface area contributed by atoms with Crippen molar-refractivity contribution in [3.05, 3.63) is 29.3 Å². The third-order valence-corrected chi connectivity index (χ3v) is 5.36. The van der Waals surface area contributed by atoms with E-state index in [2.05, 4.69) is 0 Å². The maximum Gasteiger partial charge on any atom is 0.317 e. The number of carbonyl (C=O) groups is 2. The van der Waals surface area contributed by atoms with Crippen LogP contribution in [0.2, 0.25) is 0 Å². The van der Waals surface area contributed by atoms with E-state index >= 15 is 0 Å². The third-order valence-electron chi connectivity index (χ3n) is 5.36. The molecule has 2 atom stereocenters. The van der Waals surface area contributed by atoms with E-state index in [1.54, 1.807) is 0 Å². The molecule has 2 fully saturated rings. The summed E-state index contributed by atoms with van der Waals surface area (Å²) in [4.78, 5) is 28.1. The highest BCUT2D eigenvalue weighted by molar-refractivity contribution is 5.94. The molecule has 1 aromatic rings. The fourth-order valence-corrected chi connectivity index (χ4v) is 4.14. The van der Waals surface area contributed by atoms with E-state index in [4.69, 9.17) is 14.6 Å². The van der Waals surface area contributed by atoms with Gasteiger partial charge in [-0.25, -0.2) is 0 Å². The molecule has 26 heavy (non-hydrogen) atoms. The Morgan fingerprint density at radius 1 is 1.19 bits per heavy atom. The van der Waals surface area contributed by atoms with Crippen LogP contribution in [0.1, 0.15) is 22.3 Å². The molecule has 0 aromatic heterocycles. The zero-order valence-corrected chi connectivity index (χ0v) is 14.7. The standard InChI is InChI=1S/C19H24N2O5/c22-18(23)10-20-7-13-8-21(9-16(20)12-25-11-13)19(24)15-3-4-17-14(6-15)2-1-5-26-17/h3-4,6,13,16H,1-2,5,7-12H2,(H,22,23)/t13-,16+/m1/s1. The lowest BCUT2D eigenvalue weighted by Gasteiger charge is -2.31. The second-order valence-corrected chi connectivity index (χ2v) is 7.37. The molecule has 140 valence electrons. The minimum Gasteiger partial charge on any atom is -0.493 e. The second kappa shape index (κ2) is 7.25. The number of carbonyl (C=O) groups excluding carboxylic acids is 1. The number of aryl methyl sites for hydroxylation is 1. The van der Waals surface area contributed by atoms with Crippen molar-refractivity contribution in [1.29, 1.82) is 0 Å². The zero-order valence-electron chi connectivity index (χ0n) is 14.7. The van der Waals surface area contributed by atoms with Crippen LogP contribution in [0.4, 0.5) is 0 Å². The number of amides is 1. The summed E-state index contributed by atoms with van der Waals surface area (Å²) >= 11 is 0. The van der Waals surface area contributed by atoms with Crippen molar-refractivity contribution in [2.24, 2.45) is 5.92 Å². The molecule has 0 radical (unpaired) electrons. The van der Waals surface area contributed by atoms with Crippen LogP contribution >= 0.6 is 0 Å². The minimum atomic E-state index is -0.842. The SMILES string of the molecule is O=C(O)CN1C[C@H]2COC[C@@H]1CN(C(=O)c1ccc3c(c1)CCCO3)C2. The Morgan fingerprint density at radius 2 is 2.08 bits per heavy atom. The molecular formula is C19H24N2O5. The van der Waals surface area contributed by atoms with E-state index in [9.17, 15) is 9.59 Å². The van der Waals surface area contributed by atoms with E-state index in [1.807, 2.05) is 28.0 Å². The van der Waals surface area contributed by atoms with E-state index in [-0.39, 0.29) is 24.4 Å². The highest BCUT2D eigenvalue weighted by Crippen LogP contribution is 2.27. The molecule has 1 amide bonds. The van der Waals surface area contributed by atoms with Crippen molar-refractivity contribution in [2.75, 3.05) is 46.0 Å². The number of carboxylic acid groups (broad SMARTS) is 1. The van der Waals surface area contributed by atoms with Crippen molar-refractivity contribution < 1.29 is 24.2 Å². The number of rotatable bonds is 3. The quantitative estimate of drug-likeness (QED) is 0.862. The third kappa shape index (κ3) is 3.54. The second-order valence-electron chi connectivity index (χ2n) is 7.37. The number of aliphatic carboxylic acids is 1. The molecule has 7 nitrogen and oxygen atoms in total. The van der Waals surface area contributed by atoms with Crippen LogP contribution < -0.4 is 4.74 Å². The van der Waals surface area contributed by atoms with E-state index < -0.39 is 5.97 Å². The fourth-order valence-electron chi connectivity index (χ4n) is 4.14. The molecular weight excluding hydrogens is 336 g/mol. The Labute approximate surface area is 152 Å². The van der Waals surface area contributed by atoms with E-state index in [0.717, 1.165) is 30.8 Å². The van der Waals surface area contributed by atoms with Gasteiger partial charge in [0.25, 0.3) is 5.91 Å². The van der Waals surface area contributed by atoms with Gasteiger partial charge >= 0.3 is 5.97 Å². The predicted octanol–water partition coefficient (Wildman–Crippen LogP) is 0.869. The lowest BCUT2D eigenvalue weighted by atomic mass is 10.0. The molecule has 2 saturated heterocycles. The number of fused-ring (bicyclic) bond motifs is 4. The zero-order chi connectivity index (χ0) is 18.1. The molecule has 2 bridgehead atoms. The first-order valence-corrected chi connectivity index (χ1v) is 9.19. The van der Waals surface area contributed by atoms with Gasteiger partial charge in [0.05, 0.1) is 32.4 Å². The number of hydrogen-bond acceptors (Lipinski definition) is 5. The average molecular weight is 360 g/mol. The van der Waals surface area contributed by atoms with Gasteiger partial charge in [0, 0.05) is 31.1 Å². The summed E-state index contributed by atoms with van der Waals surface area (Å²) in [6.45, 7) is 3.49. The van der Waals surface area contributed by atoms with Gasteiger partial charge in [0.15, 0.2) is 0 Å². The van der Waals surface area contributed by atoms with Gasteiger partial charge in [-0.3, -0.25) is 14.5 Å². The highest BCUT2D eigenvalue weighted by atomic mass is 16.5. The molecule has 0 saturated carbocycles. The van der Waals surface area contributed by atoms with Gasteiger partial charge in [-0.2, -0.15) is 0 Å². The molecule has 0 spiro atoms. The number of nitrogens with zero attached hydrogens (tertiary/aromatic N) is 2. The fraction of sp³-hybridized carbons (Fsp3) is 0.579. The molecule has 3 aliphatic rings. The molecule has 7 heteroatoms. The summed E-state index contributed by atoms with van der Waals surface area (Å²) in [5.41, 5.74) is 1.77. The topological polar surface area (TPSA) is 79.3 Å². The monoisotopic (exact) mass is 360 g/mol. The maximum atomic E-state index is 13.1. The first-order valence-electron chi connectivity index (χ1n) is 9.19. The molecule has 0 unspecified atom stereocenters. The minimum absolute atomic E-state index is 0.00690. The number of carboxylic acids is 1. The Morgan fingerprint density at radius 3 is 2.92 bits per heavy atom. The summed E-state index contributed by atoms with van der Waals surface area (Å²) in [7, 11) is 0. The molecule has 3 heterocycles. The van der Waals surface area contributed by atoms with Gasteiger partial charge in [-0.15, -0.1) is 0 Å². The number of benzene rings is 1. The molecule has 0 aliphatic carbocycles. The van der Waals surface area contributed by atoms with Crippen LogP contribution in [0.25, 0.3) is 0 Å². The lowest BCUT2D eigenvalue weighted by Crippen LogP contribution is -2.47. The van der Waals surface area contributed by atoms with Crippen LogP contribution in [0.5, 0.6) is 5.75 Å². The Kier molecular flexibility index (Phi) is 4.82. The van der Waals surface area contributed by atoms with Gasteiger partial charge in [-0.1, -0.05) is 0 Å².